The first-order valence-corrected chi connectivity index (χ1v) is 7.57. The van der Waals surface area contributed by atoms with Crippen LogP contribution in [0, 0.1) is 26.6 Å². The van der Waals surface area contributed by atoms with Gasteiger partial charge in [-0.1, -0.05) is 31.2 Å². The number of benzene rings is 2. The molecule has 1 nitrogen and oxygen atoms in total. The number of nitrogens with one attached hydrogen (secondary N) is 1. The number of rotatable bonds is 5. The molecule has 1 N–H and O–H groups in total. The van der Waals surface area contributed by atoms with Gasteiger partial charge in [0.2, 0.25) is 0 Å². The van der Waals surface area contributed by atoms with Gasteiger partial charge in [0.05, 0.1) is 0 Å². The topological polar surface area (TPSA) is 12.0 Å². The van der Waals surface area contributed by atoms with Gasteiger partial charge < -0.3 is 5.32 Å². The minimum Gasteiger partial charge on any atom is -0.310 e. The molecule has 0 saturated carbocycles. The van der Waals surface area contributed by atoms with Crippen molar-refractivity contribution in [3.63, 3.8) is 0 Å². The van der Waals surface area contributed by atoms with Crippen molar-refractivity contribution < 1.29 is 4.39 Å². The summed E-state index contributed by atoms with van der Waals surface area (Å²) in [4.78, 5) is 0. The van der Waals surface area contributed by atoms with Crippen LogP contribution in [0.15, 0.2) is 36.4 Å². The molecule has 0 spiro atoms. The Bertz CT molecular complexity index is 619. The van der Waals surface area contributed by atoms with Crippen LogP contribution in [-0.2, 0) is 6.42 Å². The van der Waals surface area contributed by atoms with E-state index in [9.17, 15) is 4.39 Å². The van der Waals surface area contributed by atoms with Gasteiger partial charge in [0.25, 0.3) is 0 Å². The van der Waals surface area contributed by atoms with Crippen LogP contribution in [0.25, 0.3) is 0 Å². The molecule has 2 heteroatoms. The Morgan fingerprint density at radius 3 is 2.52 bits per heavy atom. The van der Waals surface area contributed by atoms with Crippen LogP contribution in [0.1, 0.15) is 40.8 Å². The van der Waals surface area contributed by atoms with Crippen molar-refractivity contribution in [2.45, 2.75) is 40.2 Å². The maximum atomic E-state index is 13.5. The van der Waals surface area contributed by atoms with Crippen LogP contribution in [0.4, 0.5) is 4.39 Å². The van der Waals surface area contributed by atoms with Crippen LogP contribution in [0.5, 0.6) is 0 Å². The lowest BCUT2D eigenvalue weighted by molar-refractivity contribution is 0.543. The van der Waals surface area contributed by atoms with Crippen molar-refractivity contribution >= 4 is 0 Å². The average molecular weight is 285 g/mol. The third kappa shape index (κ3) is 3.70. The number of halogens is 1. The SMILES string of the molecule is CCNC(Cc1cc(F)ccc1C)c1cccc(C)c1C. The third-order valence-corrected chi connectivity index (χ3v) is 4.21. The average Bonchev–Trinajstić information content (AvgIpc) is 2.45. The van der Waals surface area contributed by atoms with Crippen LogP contribution in [-0.4, -0.2) is 6.54 Å². The van der Waals surface area contributed by atoms with Crippen molar-refractivity contribution in [2.75, 3.05) is 6.54 Å². The van der Waals surface area contributed by atoms with E-state index in [1.165, 1.54) is 22.8 Å². The molecule has 0 aliphatic carbocycles. The van der Waals surface area contributed by atoms with Gasteiger partial charge in [-0.15, -0.1) is 0 Å². The lowest BCUT2D eigenvalue weighted by Crippen LogP contribution is -2.24. The van der Waals surface area contributed by atoms with Crippen LogP contribution < -0.4 is 5.32 Å². The summed E-state index contributed by atoms with van der Waals surface area (Å²) in [5, 5.41) is 3.54. The van der Waals surface area contributed by atoms with Gasteiger partial charge in [-0.25, -0.2) is 4.39 Å². The van der Waals surface area contributed by atoms with E-state index < -0.39 is 0 Å². The summed E-state index contributed by atoms with van der Waals surface area (Å²) >= 11 is 0. The molecule has 1 atom stereocenters. The van der Waals surface area contributed by atoms with Gasteiger partial charge in [0, 0.05) is 6.04 Å². The molecule has 0 heterocycles. The fourth-order valence-electron chi connectivity index (χ4n) is 2.77. The molecule has 0 aliphatic rings. The molecule has 2 aromatic carbocycles. The van der Waals surface area contributed by atoms with E-state index in [4.69, 9.17) is 0 Å². The second-order valence-corrected chi connectivity index (χ2v) is 5.67. The molecular formula is C19H24FN. The van der Waals surface area contributed by atoms with Gasteiger partial charge in [-0.3, -0.25) is 0 Å². The van der Waals surface area contributed by atoms with Crippen LogP contribution in [0.3, 0.4) is 0 Å². The highest BCUT2D eigenvalue weighted by Gasteiger charge is 2.15. The Kier molecular flexibility index (Phi) is 5.13. The maximum absolute atomic E-state index is 13.5. The van der Waals surface area contributed by atoms with E-state index in [0.29, 0.717) is 0 Å². The lowest BCUT2D eigenvalue weighted by Gasteiger charge is -2.22. The van der Waals surface area contributed by atoms with Gasteiger partial charge in [-0.05, 0) is 73.7 Å². The van der Waals surface area contributed by atoms with Crippen molar-refractivity contribution in [1.29, 1.82) is 0 Å². The van der Waals surface area contributed by atoms with Gasteiger partial charge in [0.15, 0.2) is 0 Å². The Morgan fingerprint density at radius 2 is 1.81 bits per heavy atom. The number of aryl methyl sites for hydroxylation is 2. The monoisotopic (exact) mass is 285 g/mol. The number of hydrogen-bond acceptors (Lipinski definition) is 1. The highest BCUT2D eigenvalue weighted by Crippen LogP contribution is 2.25. The first-order valence-electron chi connectivity index (χ1n) is 7.57. The Hall–Kier alpha value is -1.67. The molecule has 0 fully saturated rings. The Balaban J connectivity index is 2.35. The first kappa shape index (κ1) is 15.7. The third-order valence-electron chi connectivity index (χ3n) is 4.21. The molecular weight excluding hydrogens is 261 g/mol. The summed E-state index contributed by atoms with van der Waals surface area (Å²) in [5.74, 6) is -0.160. The fraction of sp³-hybridized carbons (Fsp3) is 0.368. The zero-order valence-corrected chi connectivity index (χ0v) is 13.3. The molecule has 0 aliphatic heterocycles. The Morgan fingerprint density at radius 1 is 1.05 bits per heavy atom. The van der Waals surface area contributed by atoms with Crippen LogP contribution >= 0.6 is 0 Å². The standard InChI is InChI=1S/C19H24FN/c1-5-21-19(18-8-6-7-13(2)15(18)4)12-16-11-17(20)10-9-14(16)3/h6-11,19,21H,5,12H2,1-4H3. The summed E-state index contributed by atoms with van der Waals surface area (Å²) in [5.41, 5.74) is 6.14. The van der Waals surface area contributed by atoms with Crippen molar-refractivity contribution in [3.05, 3.63) is 70.0 Å². The van der Waals surface area contributed by atoms with Gasteiger partial charge in [0.1, 0.15) is 5.82 Å². The summed E-state index contributed by atoms with van der Waals surface area (Å²) < 4.78 is 13.5. The normalized spacial score (nSPS) is 12.4. The highest BCUT2D eigenvalue weighted by molar-refractivity contribution is 5.37. The smallest absolute Gasteiger partial charge is 0.123 e. The van der Waals surface area contributed by atoms with E-state index in [1.54, 1.807) is 6.07 Å². The number of hydrogen-bond donors (Lipinski definition) is 1. The van der Waals surface area contributed by atoms with E-state index in [1.807, 2.05) is 13.0 Å². The van der Waals surface area contributed by atoms with Crippen molar-refractivity contribution in [1.82, 2.24) is 5.32 Å². The maximum Gasteiger partial charge on any atom is 0.123 e. The molecule has 0 bridgehead atoms. The van der Waals surface area contributed by atoms with Gasteiger partial charge in [-0.2, -0.15) is 0 Å². The van der Waals surface area contributed by atoms with E-state index in [0.717, 1.165) is 24.1 Å². The van der Waals surface area contributed by atoms with Crippen LogP contribution in [0.2, 0.25) is 0 Å². The summed E-state index contributed by atoms with van der Waals surface area (Å²) in [6.07, 6.45) is 0.807. The molecule has 0 radical (unpaired) electrons. The van der Waals surface area contributed by atoms with E-state index in [2.05, 4.69) is 44.3 Å². The largest absolute Gasteiger partial charge is 0.310 e. The first-order chi connectivity index (χ1) is 10.0. The highest BCUT2D eigenvalue weighted by atomic mass is 19.1. The molecule has 1 unspecified atom stereocenters. The second-order valence-electron chi connectivity index (χ2n) is 5.67. The number of likely N-dealkylation sites (N-methyl/N-ethyl adjacent to an activating group) is 1. The molecule has 2 rings (SSSR count). The molecule has 2 aromatic rings. The molecule has 0 aromatic heterocycles. The zero-order chi connectivity index (χ0) is 15.4. The molecule has 21 heavy (non-hydrogen) atoms. The lowest BCUT2D eigenvalue weighted by atomic mass is 9.91. The van der Waals surface area contributed by atoms with E-state index >= 15 is 0 Å². The second kappa shape index (κ2) is 6.86. The van der Waals surface area contributed by atoms with E-state index in [-0.39, 0.29) is 11.9 Å². The predicted molar refractivity (Wildman–Crippen MR) is 87.2 cm³/mol. The summed E-state index contributed by atoms with van der Waals surface area (Å²) in [7, 11) is 0. The Labute approximate surface area is 127 Å². The molecule has 112 valence electrons. The van der Waals surface area contributed by atoms with Crippen molar-refractivity contribution in [2.24, 2.45) is 0 Å². The quantitative estimate of drug-likeness (QED) is 0.843. The van der Waals surface area contributed by atoms with Gasteiger partial charge >= 0.3 is 0 Å². The minimum atomic E-state index is -0.160. The van der Waals surface area contributed by atoms with Crippen molar-refractivity contribution in [3.8, 4) is 0 Å². The molecule has 0 saturated heterocycles. The predicted octanol–water partition coefficient (Wildman–Crippen LogP) is 4.64. The summed E-state index contributed by atoms with van der Waals surface area (Å²) in [6, 6.07) is 11.7. The summed E-state index contributed by atoms with van der Waals surface area (Å²) in [6.45, 7) is 9.34. The fourth-order valence-corrected chi connectivity index (χ4v) is 2.77. The zero-order valence-electron chi connectivity index (χ0n) is 13.3. The minimum absolute atomic E-state index is 0.160. The molecule has 0 amide bonds.